The minimum Gasteiger partial charge on any atom is -0.493 e. The van der Waals surface area contributed by atoms with Gasteiger partial charge in [0.15, 0.2) is 11.5 Å². The van der Waals surface area contributed by atoms with Gasteiger partial charge in [0, 0.05) is 22.3 Å². The van der Waals surface area contributed by atoms with E-state index >= 15 is 0 Å². The Labute approximate surface area is 217 Å². The number of benzene rings is 3. The fourth-order valence-electron chi connectivity index (χ4n) is 3.08. The maximum atomic E-state index is 12.9. The summed E-state index contributed by atoms with van der Waals surface area (Å²) in [5, 5.41) is 22.6. The molecule has 0 aliphatic rings. The molecule has 3 aromatic carbocycles. The second-order valence-corrected chi connectivity index (χ2v) is 8.29. The molecule has 8 nitrogen and oxygen atoms in total. The van der Waals surface area contributed by atoms with E-state index in [1.165, 1.54) is 37.5 Å². The number of alkyl halides is 3. The van der Waals surface area contributed by atoms with E-state index < -0.39 is 22.6 Å². The summed E-state index contributed by atoms with van der Waals surface area (Å²) in [4.78, 5) is 22.9. The Morgan fingerprint density at radius 1 is 1.16 bits per heavy atom. The number of non-ortho nitro benzene ring substituents is 1. The van der Waals surface area contributed by atoms with Crippen LogP contribution in [0.1, 0.15) is 16.7 Å². The molecule has 0 saturated heterocycles. The molecule has 0 saturated carbocycles. The summed E-state index contributed by atoms with van der Waals surface area (Å²) in [6.45, 7) is 0.0822. The number of nitriles is 1. The lowest BCUT2D eigenvalue weighted by molar-refractivity contribution is -0.384. The van der Waals surface area contributed by atoms with Gasteiger partial charge in [-0.25, -0.2) is 0 Å². The average molecular weight is 576 g/mol. The largest absolute Gasteiger partial charge is 0.493 e. The summed E-state index contributed by atoms with van der Waals surface area (Å²) in [6.07, 6.45) is -3.34. The molecule has 1 N–H and O–H groups in total. The van der Waals surface area contributed by atoms with Crippen molar-refractivity contribution >= 4 is 39.3 Å². The molecule has 0 spiro atoms. The van der Waals surface area contributed by atoms with Crippen LogP contribution in [0.3, 0.4) is 0 Å². The second-order valence-electron chi connectivity index (χ2n) is 7.44. The van der Waals surface area contributed by atoms with Crippen LogP contribution in [0.2, 0.25) is 0 Å². The number of halogens is 4. The van der Waals surface area contributed by atoms with Gasteiger partial charge < -0.3 is 14.8 Å². The minimum atomic E-state index is -4.58. The van der Waals surface area contributed by atoms with E-state index in [1.54, 1.807) is 24.3 Å². The molecule has 0 aromatic heterocycles. The van der Waals surface area contributed by atoms with Crippen LogP contribution < -0.4 is 14.8 Å². The Hall–Kier alpha value is -4.37. The standard InChI is InChI=1S/C25H17BrF3N3O5/c1-36-22-10-16(21(26)12-23(22)37-14-15-5-7-20(8-6-15)32(34)35)9-17(13-30)24(33)31-19-4-2-3-18(11-19)25(27,28)29/h2-12H,14H2,1H3,(H,31,33)/b17-9-. The summed E-state index contributed by atoms with van der Waals surface area (Å²) >= 11 is 3.35. The lowest BCUT2D eigenvalue weighted by atomic mass is 10.1. The number of nitro groups is 1. The third kappa shape index (κ3) is 7.08. The quantitative estimate of drug-likeness (QED) is 0.142. The van der Waals surface area contributed by atoms with Crippen LogP contribution >= 0.6 is 15.9 Å². The summed E-state index contributed by atoms with van der Waals surface area (Å²) in [5.74, 6) is -0.310. The van der Waals surface area contributed by atoms with Gasteiger partial charge in [0.1, 0.15) is 18.2 Å². The van der Waals surface area contributed by atoms with Crippen LogP contribution in [0, 0.1) is 21.4 Å². The van der Waals surface area contributed by atoms with Crippen LogP contribution in [0.5, 0.6) is 11.5 Å². The van der Waals surface area contributed by atoms with E-state index in [0.717, 1.165) is 18.2 Å². The van der Waals surface area contributed by atoms with Crippen molar-refractivity contribution in [3.63, 3.8) is 0 Å². The molecule has 0 aliphatic carbocycles. The van der Waals surface area contributed by atoms with Gasteiger partial charge in [-0.15, -0.1) is 0 Å². The van der Waals surface area contributed by atoms with Gasteiger partial charge in [0.2, 0.25) is 0 Å². The molecule has 0 fully saturated rings. The number of nitrogens with zero attached hydrogens (tertiary/aromatic N) is 2. The summed E-state index contributed by atoms with van der Waals surface area (Å²) in [6, 6.07) is 14.7. The monoisotopic (exact) mass is 575 g/mol. The van der Waals surface area contributed by atoms with Crippen LogP contribution in [0.15, 0.2) is 70.7 Å². The first-order valence-corrected chi connectivity index (χ1v) is 11.1. The first-order valence-electron chi connectivity index (χ1n) is 10.4. The summed E-state index contributed by atoms with van der Waals surface area (Å²) in [7, 11) is 1.39. The first kappa shape index (κ1) is 27.2. The predicted octanol–water partition coefficient (Wildman–Crippen LogP) is 6.51. The minimum absolute atomic E-state index is 0.0504. The first-order chi connectivity index (χ1) is 17.5. The zero-order valence-electron chi connectivity index (χ0n) is 19.0. The molecule has 3 aromatic rings. The van der Waals surface area contributed by atoms with Crippen LogP contribution in [-0.4, -0.2) is 17.9 Å². The lowest BCUT2D eigenvalue weighted by Gasteiger charge is -2.13. The second kappa shape index (κ2) is 11.6. The number of carbonyl (C=O) groups excluding carboxylic acids is 1. The molecular formula is C25H17BrF3N3O5. The van der Waals surface area contributed by atoms with E-state index in [0.29, 0.717) is 21.3 Å². The summed E-state index contributed by atoms with van der Waals surface area (Å²) < 4.78 is 50.3. The van der Waals surface area contributed by atoms with Gasteiger partial charge >= 0.3 is 6.18 Å². The molecule has 0 unspecified atom stereocenters. The van der Waals surface area contributed by atoms with Gasteiger partial charge in [-0.1, -0.05) is 22.0 Å². The molecule has 3 rings (SSSR count). The highest BCUT2D eigenvalue weighted by Crippen LogP contribution is 2.35. The van der Waals surface area contributed by atoms with Gasteiger partial charge in [0.05, 0.1) is 17.6 Å². The fraction of sp³-hybridized carbons (Fsp3) is 0.120. The summed E-state index contributed by atoms with van der Waals surface area (Å²) in [5.41, 5.74) is -0.427. The molecule has 190 valence electrons. The Kier molecular flexibility index (Phi) is 8.52. The molecule has 1 amide bonds. The number of carbonyl (C=O) groups is 1. The zero-order chi connectivity index (χ0) is 27.2. The third-order valence-corrected chi connectivity index (χ3v) is 5.62. The van der Waals surface area contributed by atoms with E-state index in [-0.39, 0.29) is 29.3 Å². The molecule has 0 heterocycles. The Morgan fingerprint density at radius 3 is 2.46 bits per heavy atom. The number of hydrogen-bond acceptors (Lipinski definition) is 6. The van der Waals surface area contributed by atoms with Crippen molar-refractivity contribution in [1.29, 1.82) is 5.26 Å². The number of amides is 1. The van der Waals surface area contributed by atoms with Crippen molar-refractivity contribution in [3.8, 4) is 17.6 Å². The van der Waals surface area contributed by atoms with Crippen LogP contribution in [0.4, 0.5) is 24.5 Å². The van der Waals surface area contributed by atoms with Crippen LogP contribution in [-0.2, 0) is 17.6 Å². The number of nitro benzene ring substituents is 1. The highest BCUT2D eigenvalue weighted by atomic mass is 79.9. The van der Waals surface area contributed by atoms with Crippen molar-refractivity contribution in [3.05, 3.63) is 97.5 Å². The number of nitrogens with one attached hydrogen (secondary N) is 1. The Bertz CT molecular complexity index is 1400. The maximum absolute atomic E-state index is 12.9. The van der Waals surface area contributed by atoms with E-state index in [4.69, 9.17) is 9.47 Å². The van der Waals surface area contributed by atoms with Gasteiger partial charge in [0.25, 0.3) is 11.6 Å². The fourth-order valence-corrected chi connectivity index (χ4v) is 3.52. The number of anilines is 1. The van der Waals surface area contributed by atoms with Crippen molar-refractivity contribution < 1.29 is 32.4 Å². The Morgan fingerprint density at radius 2 is 1.86 bits per heavy atom. The maximum Gasteiger partial charge on any atom is 0.416 e. The van der Waals surface area contributed by atoms with Crippen molar-refractivity contribution in [2.24, 2.45) is 0 Å². The molecular weight excluding hydrogens is 559 g/mol. The van der Waals surface area contributed by atoms with E-state index in [9.17, 15) is 33.3 Å². The predicted molar refractivity (Wildman–Crippen MR) is 132 cm³/mol. The number of rotatable bonds is 8. The van der Waals surface area contributed by atoms with Gasteiger partial charge in [-0.05, 0) is 59.7 Å². The molecule has 0 aliphatic heterocycles. The topological polar surface area (TPSA) is 114 Å². The lowest BCUT2D eigenvalue weighted by Crippen LogP contribution is -2.14. The molecule has 0 radical (unpaired) electrons. The van der Waals surface area contributed by atoms with Gasteiger partial charge in [-0.3, -0.25) is 14.9 Å². The molecule has 0 bridgehead atoms. The smallest absolute Gasteiger partial charge is 0.416 e. The Balaban J connectivity index is 1.80. The van der Waals surface area contributed by atoms with Gasteiger partial charge in [-0.2, -0.15) is 18.4 Å². The zero-order valence-corrected chi connectivity index (χ0v) is 20.6. The van der Waals surface area contributed by atoms with Crippen molar-refractivity contribution in [2.75, 3.05) is 12.4 Å². The third-order valence-electron chi connectivity index (χ3n) is 4.94. The van der Waals surface area contributed by atoms with Crippen molar-refractivity contribution in [1.82, 2.24) is 0 Å². The molecule has 37 heavy (non-hydrogen) atoms. The number of ether oxygens (including phenoxy) is 2. The van der Waals surface area contributed by atoms with Crippen molar-refractivity contribution in [2.45, 2.75) is 12.8 Å². The normalized spacial score (nSPS) is 11.4. The average Bonchev–Trinajstić information content (AvgIpc) is 2.86. The molecule has 0 atom stereocenters. The highest BCUT2D eigenvalue weighted by molar-refractivity contribution is 9.10. The highest BCUT2D eigenvalue weighted by Gasteiger charge is 2.30. The van der Waals surface area contributed by atoms with E-state index in [2.05, 4.69) is 21.2 Å². The number of hydrogen-bond donors (Lipinski definition) is 1. The SMILES string of the molecule is COc1cc(/C=C(/C#N)C(=O)Nc2cccc(C(F)(F)F)c2)c(Br)cc1OCc1ccc([N+](=O)[O-])cc1. The van der Waals surface area contributed by atoms with E-state index in [1.807, 2.05) is 0 Å². The van der Waals surface area contributed by atoms with Crippen LogP contribution in [0.25, 0.3) is 6.08 Å². The molecule has 12 heteroatoms. The number of methoxy groups -OCH3 is 1.